The number of aromatic nitrogens is 4. The fourth-order valence-corrected chi connectivity index (χ4v) is 4.28. The van der Waals surface area contributed by atoms with Crippen LogP contribution < -0.4 is 9.46 Å². The van der Waals surface area contributed by atoms with E-state index < -0.39 is 10.0 Å². The van der Waals surface area contributed by atoms with Gasteiger partial charge in [0, 0.05) is 17.4 Å². The fraction of sp³-hybridized carbons (Fsp3) is 0.174. The molecule has 0 saturated carbocycles. The van der Waals surface area contributed by atoms with Crippen molar-refractivity contribution in [2.45, 2.75) is 26.5 Å². The molecule has 1 N–H and O–H groups in total. The van der Waals surface area contributed by atoms with Gasteiger partial charge in [-0.3, -0.25) is 9.29 Å². The maximum absolute atomic E-state index is 12.5. The lowest BCUT2D eigenvalue weighted by molar-refractivity contribution is 0.461. The van der Waals surface area contributed by atoms with E-state index >= 15 is 0 Å². The first-order valence-corrected chi connectivity index (χ1v) is 11.6. The molecule has 0 fully saturated rings. The molecule has 0 spiro atoms. The lowest BCUT2D eigenvalue weighted by Crippen LogP contribution is -2.15. The third-order valence-corrected chi connectivity index (χ3v) is 6.21. The van der Waals surface area contributed by atoms with E-state index in [0.29, 0.717) is 23.1 Å². The molecule has 0 unspecified atom stereocenters. The lowest BCUT2D eigenvalue weighted by atomic mass is 10.2. The molecule has 2 heterocycles. The van der Waals surface area contributed by atoms with Crippen LogP contribution in [0, 0.1) is 20.8 Å². The third kappa shape index (κ3) is 5.12. The zero-order valence-corrected chi connectivity index (χ0v) is 18.8. The Labute approximate surface area is 187 Å². The van der Waals surface area contributed by atoms with Crippen LogP contribution in [0.5, 0.6) is 11.6 Å². The largest absolute Gasteiger partial charge is 0.439 e. The molecule has 0 radical (unpaired) electrons. The average Bonchev–Trinajstić information content (AvgIpc) is 3.09. The molecule has 4 rings (SSSR count). The number of nitrogens with one attached hydrogen (secondary N) is 1. The number of sulfonamides is 1. The van der Waals surface area contributed by atoms with Gasteiger partial charge in [-0.1, -0.05) is 29.8 Å². The van der Waals surface area contributed by atoms with Crippen LogP contribution in [0.4, 0.5) is 5.69 Å². The van der Waals surface area contributed by atoms with Crippen molar-refractivity contribution in [3.05, 3.63) is 89.8 Å². The number of imidazole rings is 1. The zero-order valence-electron chi connectivity index (χ0n) is 18.0. The molecule has 0 bridgehead atoms. The van der Waals surface area contributed by atoms with Crippen LogP contribution in [0.15, 0.2) is 67.3 Å². The standard InChI is InChI=1S/C23H23N5O3S/c1-16-4-6-19(7-5-16)13-32(29,30)27-20-8-10-21(11-9-20)31-23-12-22(24-14-25-23)28-15-26-17(2)18(28)3/h4-12,14-15,27H,13H2,1-3H3. The van der Waals surface area contributed by atoms with E-state index in [9.17, 15) is 8.42 Å². The third-order valence-electron chi connectivity index (χ3n) is 4.95. The highest BCUT2D eigenvalue weighted by molar-refractivity contribution is 7.91. The van der Waals surface area contributed by atoms with Crippen molar-refractivity contribution >= 4 is 15.7 Å². The van der Waals surface area contributed by atoms with E-state index in [-0.39, 0.29) is 5.75 Å². The number of hydrogen-bond donors (Lipinski definition) is 1. The summed E-state index contributed by atoms with van der Waals surface area (Å²) in [6, 6.07) is 15.8. The van der Waals surface area contributed by atoms with Crippen molar-refractivity contribution in [2.24, 2.45) is 0 Å². The molecular formula is C23H23N5O3S. The molecule has 32 heavy (non-hydrogen) atoms. The maximum Gasteiger partial charge on any atom is 0.236 e. The first kappa shape index (κ1) is 21.5. The van der Waals surface area contributed by atoms with Gasteiger partial charge in [-0.2, -0.15) is 0 Å². The van der Waals surface area contributed by atoms with Crippen LogP contribution in [-0.2, 0) is 15.8 Å². The Morgan fingerprint density at radius 3 is 2.31 bits per heavy atom. The first-order chi connectivity index (χ1) is 15.3. The number of aryl methyl sites for hydroxylation is 2. The Kier molecular flexibility index (Phi) is 5.91. The predicted octanol–water partition coefficient (Wildman–Crippen LogP) is 4.32. The van der Waals surface area contributed by atoms with E-state index in [4.69, 9.17) is 4.74 Å². The van der Waals surface area contributed by atoms with Gasteiger partial charge < -0.3 is 4.74 Å². The molecule has 2 aromatic heterocycles. The maximum atomic E-state index is 12.5. The summed E-state index contributed by atoms with van der Waals surface area (Å²) in [5, 5.41) is 0. The summed E-state index contributed by atoms with van der Waals surface area (Å²) in [5.74, 6) is 1.44. The van der Waals surface area contributed by atoms with Crippen molar-refractivity contribution in [1.29, 1.82) is 0 Å². The van der Waals surface area contributed by atoms with Gasteiger partial charge in [0.2, 0.25) is 15.9 Å². The van der Waals surface area contributed by atoms with Gasteiger partial charge in [0.15, 0.2) is 0 Å². The predicted molar refractivity (Wildman–Crippen MR) is 123 cm³/mol. The average molecular weight is 450 g/mol. The normalized spacial score (nSPS) is 11.3. The quantitative estimate of drug-likeness (QED) is 0.451. The Morgan fingerprint density at radius 2 is 1.66 bits per heavy atom. The van der Waals surface area contributed by atoms with E-state index in [2.05, 4.69) is 19.7 Å². The fourth-order valence-electron chi connectivity index (χ4n) is 3.08. The van der Waals surface area contributed by atoms with Crippen molar-refractivity contribution < 1.29 is 13.2 Å². The van der Waals surface area contributed by atoms with Crippen molar-refractivity contribution in [2.75, 3.05) is 4.72 Å². The summed E-state index contributed by atoms with van der Waals surface area (Å²) in [4.78, 5) is 12.7. The monoisotopic (exact) mass is 449 g/mol. The molecule has 2 aromatic carbocycles. The van der Waals surface area contributed by atoms with Crippen molar-refractivity contribution in [3.63, 3.8) is 0 Å². The van der Waals surface area contributed by atoms with Gasteiger partial charge in [0.1, 0.15) is 24.2 Å². The minimum Gasteiger partial charge on any atom is -0.439 e. The van der Waals surface area contributed by atoms with Crippen LogP contribution in [0.2, 0.25) is 0 Å². The summed E-state index contributed by atoms with van der Waals surface area (Å²) < 4.78 is 35.2. The second-order valence-corrected chi connectivity index (χ2v) is 9.20. The van der Waals surface area contributed by atoms with Gasteiger partial charge >= 0.3 is 0 Å². The van der Waals surface area contributed by atoms with Gasteiger partial charge in [-0.05, 0) is 50.6 Å². The molecular weight excluding hydrogens is 426 g/mol. The second kappa shape index (κ2) is 8.80. The van der Waals surface area contributed by atoms with Crippen LogP contribution in [0.1, 0.15) is 22.5 Å². The summed E-state index contributed by atoms with van der Waals surface area (Å²) in [6.07, 6.45) is 3.13. The Bertz CT molecular complexity index is 1330. The Morgan fingerprint density at radius 1 is 0.938 bits per heavy atom. The SMILES string of the molecule is Cc1ccc(CS(=O)(=O)Nc2ccc(Oc3cc(-n4cnc(C)c4C)ncn3)cc2)cc1. The number of hydrogen-bond acceptors (Lipinski definition) is 6. The van der Waals surface area contributed by atoms with Crippen LogP contribution >= 0.6 is 0 Å². The number of anilines is 1. The summed E-state index contributed by atoms with van der Waals surface area (Å²) in [6.45, 7) is 5.85. The van der Waals surface area contributed by atoms with E-state index in [0.717, 1.165) is 22.5 Å². The highest BCUT2D eigenvalue weighted by Crippen LogP contribution is 2.24. The zero-order chi connectivity index (χ0) is 22.7. The van der Waals surface area contributed by atoms with Gasteiger partial charge in [0.25, 0.3) is 0 Å². The number of ether oxygens (including phenoxy) is 1. The minimum atomic E-state index is -3.53. The van der Waals surface area contributed by atoms with Crippen LogP contribution in [0.25, 0.3) is 5.82 Å². The molecule has 9 heteroatoms. The summed E-state index contributed by atoms with van der Waals surface area (Å²) in [7, 11) is -3.53. The van der Waals surface area contributed by atoms with E-state index in [1.54, 1.807) is 36.7 Å². The van der Waals surface area contributed by atoms with Crippen molar-refractivity contribution in [1.82, 2.24) is 19.5 Å². The molecule has 0 amide bonds. The molecule has 0 saturated heterocycles. The number of nitrogens with zero attached hydrogens (tertiary/aromatic N) is 4. The molecule has 4 aromatic rings. The first-order valence-electron chi connectivity index (χ1n) is 9.96. The second-order valence-electron chi connectivity index (χ2n) is 7.47. The highest BCUT2D eigenvalue weighted by atomic mass is 32.2. The molecule has 0 atom stereocenters. The van der Waals surface area contributed by atoms with E-state index in [1.807, 2.05) is 49.6 Å². The Balaban J connectivity index is 1.43. The number of rotatable bonds is 7. The summed E-state index contributed by atoms with van der Waals surface area (Å²) >= 11 is 0. The van der Waals surface area contributed by atoms with Gasteiger partial charge in [-0.15, -0.1) is 0 Å². The molecule has 0 aliphatic heterocycles. The topological polar surface area (TPSA) is 99.0 Å². The van der Waals surface area contributed by atoms with E-state index in [1.165, 1.54) is 6.33 Å². The molecule has 8 nitrogen and oxygen atoms in total. The van der Waals surface area contributed by atoms with Gasteiger partial charge in [-0.25, -0.2) is 23.4 Å². The van der Waals surface area contributed by atoms with Crippen molar-refractivity contribution in [3.8, 4) is 17.4 Å². The number of benzene rings is 2. The van der Waals surface area contributed by atoms with Crippen LogP contribution in [0.3, 0.4) is 0 Å². The highest BCUT2D eigenvalue weighted by Gasteiger charge is 2.12. The van der Waals surface area contributed by atoms with Crippen LogP contribution in [-0.4, -0.2) is 27.9 Å². The smallest absolute Gasteiger partial charge is 0.236 e. The molecule has 0 aliphatic rings. The Hall–Kier alpha value is -3.72. The molecule has 164 valence electrons. The summed E-state index contributed by atoms with van der Waals surface area (Å²) in [5.41, 5.74) is 4.17. The molecule has 0 aliphatic carbocycles. The minimum absolute atomic E-state index is 0.0949. The van der Waals surface area contributed by atoms with Gasteiger partial charge in [0.05, 0.1) is 11.4 Å². The lowest BCUT2D eigenvalue weighted by Gasteiger charge is -2.10.